The molecule has 0 heterocycles. The number of benzene rings is 10. The van der Waals surface area contributed by atoms with Gasteiger partial charge in [0.2, 0.25) is 0 Å². The van der Waals surface area contributed by atoms with Gasteiger partial charge in [-0.05, 0) is 114 Å². The molecule has 1 nitrogen and oxygen atoms in total. The van der Waals surface area contributed by atoms with Gasteiger partial charge in [-0.2, -0.15) is 0 Å². The molecule has 268 valence electrons. The number of anilines is 3. The highest BCUT2D eigenvalue weighted by Gasteiger charge is 2.17. The summed E-state index contributed by atoms with van der Waals surface area (Å²) in [6.45, 7) is 0. The third-order valence-electron chi connectivity index (χ3n) is 9.92. The molecule has 10 aromatic rings. The molecule has 0 atom stereocenters. The van der Waals surface area contributed by atoms with Crippen LogP contribution in [0.5, 0.6) is 0 Å². The van der Waals surface area contributed by atoms with Crippen LogP contribution in [0.4, 0.5) is 17.1 Å². The van der Waals surface area contributed by atoms with Gasteiger partial charge in [0.25, 0.3) is 0 Å². The molecule has 10 rings (SSSR count). The maximum absolute atomic E-state index is 9.74. The molecule has 0 saturated heterocycles. The molecule has 0 unspecified atom stereocenters. The number of nitrogens with zero attached hydrogens (tertiary/aromatic N) is 1. The number of fused-ring (bicyclic) bond motifs is 2. The van der Waals surface area contributed by atoms with Crippen molar-refractivity contribution in [2.24, 2.45) is 0 Å². The quantitative estimate of drug-likeness (QED) is 0.150. The van der Waals surface area contributed by atoms with Crippen molar-refractivity contribution in [2.45, 2.75) is 0 Å². The molecular formula is C56H39N. The van der Waals surface area contributed by atoms with Gasteiger partial charge in [-0.1, -0.05) is 194 Å². The van der Waals surface area contributed by atoms with Crippen molar-refractivity contribution < 1.29 is 20.6 Å². The van der Waals surface area contributed by atoms with Gasteiger partial charge >= 0.3 is 0 Å². The second kappa shape index (κ2) is 15.0. The van der Waals surface area contributed by atoms with Crippen LogP contribution in [0.25, 0.3) is 77.2 Å². The van der Waals surface area contributed by atoms with Gasteiger partial charge in [0, 0.05) is 16.8 Å². The first-order valence-corrected chi connectivity index (χ1v) is 18.4. The maximum atomic E-state index is 9.74. The van der Waals surface area contributed by atoms with Crippen molar-refractivity contribution in [3.8, 4) is 55.6 Å². The van der Waals surface area contributed by atoms with Gasteiger partial charge in [0.15, 0.2) is 0 Å². The lowest BCUT2D eigenvalue weighted by molar-refractivity contribution is 1.30. The molecule has 0 saturated carbocycles. The predicted octanol–water partition coefficient (Wildman–Crippen LogP) is 15.8. The molecule has 0 radical (unpaired) electrons. The summed E-state index contributed by atoms with van der Waals surface area (Å²) in [4.78, 5) is 0.776. The lowest BCUT2D eigenvalue weighted by Crippen LogP contribution is -2.10. The molecule has 0 aliphatic heterocycles. The lowest BCUT2D eigenvalue weighted by Gasteiger charge is -2.27. The average Bonchev–Trinajstić information content (AvgIpc) is 3.40. The molecule has 57 heavy (non-hydrogen) atoms. The van der Waals surface area contributed by atoms with Crippen LogP contribution in [0.3, 0.4) is 0 Å². The number of hydrogen-bond acceptors (Lipinski definition) is 1. The Hall–Kier alpha value is -7.48. The molecule has 0 fully saturated rings. The van der Waals surface area contributed by atoms with E-state index in [0.29, 0.717) is 11.1 Å². The van der Waals surface area contributed by atoms with E-state index in [1.165, 1.54) is 0 Å². The van der Waals surface area contributed by atoms with Crippen LogP contribution in [0.1, 0.15) is 20.6 Å². The Kier molecular flexibility index (Phi) is 5.67. The van der Waals surface area contributed by atoms with Crippen molar-refractivity contribution >= 4 is 38.6 Å². The second-order valence-electron chi connectivity index (χ2n) is 13.4. The van der Waals surface area contributed by atoms with E-state index in [4.69, 9.17) is 8.22 Å². The van der Waals surface area contributed by atoms with E-state index in [0.717, 1.165) is 49.1 Å². The number of rotatable bonds is 8. The molecule has 0 amide bonds. The average molecular weight is 741 g/mol. The fourth-order valence-corrected chi connectivity index (χ4v) is 7.17. The minimum Gasteiger partial charge on any atom is -0.310 e. The van der Waals surface area contributed by atoms with Crippen LogP contribution in [0, 0.1) is 0 Å². The Bertz CT molecular complexity index is 3810. The molecule has 0 aliphatic rings. The summed E-state index contributed by atoms with van der Waals surface area (Å²) in [6.07, 6.45) is 0. The highest BCUT2D eigenvalue weighted by atomic mass is 15.1. The molecule has 0 spiro atoms. The maximum Gasteiger partial charge on any atom is 0.0645 e. The zero-order valence-corrected chi connectivity index (χ0v) is 30.3. The summed E-state index contributed by atoms with van der Waals surface area (Å²) in [5, 5.41) is 0.867. The fourth-order valence-electron chi connectivity index (χ4n) is 7.17. The Morgan fingerprint density at radius 3 is 1.60 bits per heavy atom. The molecule has 0 aliphatic carbocycles. The minimum atomic E-state index is -0.869. The third-order valence-corrected chi connectivity index (χ3v) is 9.92. The largest absolute Gasteiger partial charge is 0.310 e. The standard InChI is InChI=1S/C56H39N/c1-3-14-42(15-4-1)53-37-32-47(39-55(53)45-16-5-2-6-17-45)41-30-35-50(36-31-41)57(56-27-13-21-44-19-8-10-25-54(44)56)49-33-28-40(29-34-49)46-22-11-23-48(38-46)52-26-12-20-43-18-7-9-24-51(43)52/h1-39H/i8D,10D,13D,19D,21D,25D,27D,28D,29D,30D,31D,33D,34D,35D,36D. The smallest absolute Gasteiger partial charge is 0.0645 e. The number of hydrogen-bond donors (Lipinski definition) is 0. The second-order valence-corrected chi connectivity index (χ2v) is 13.4. The SMILES string of the molecule is [2H]c1c([2H])c(N(c2c([2H])c([2H])c(-c3ccc(-c4ccccc4)c(-c4ccccc4)c3)c([2H])c2[2H])c2c([2H])c([2H])c([2H])c3c([2H])c([2H])c([2H])c([2H])c23)c([2H])c([2H])c1-c1cccc(-c2cccc3ccccc23)c1. The van der Waals surface area contributed by atoms with Crippen molar-refractivity contribution in [2.75, 3.05) is 4.90 Å². The van der Waals surface area contributed by atoms with Gasteiger partial charge in [-0.25, -0.2) is 0 Å². The Morgan fingerprint density at radius 2 is 0.860 bits per heavy atom. The van der Waals surface area contributed by atoms with E-state index in [9.17, 15) is 12.3 Å². The lowest BCUT2D eigenvalue weighted by atomic mass is 9.91. The van der Waals surface area contributed by atoms with E-state index >= 15 is 0 Å². The van der Waals surface area contributed by atoms with Crippen LogP contribution < -0.4 is 4.90 Å². The zero-order valence-electron chi connectivity index (χ0n) is 45.3. The van der Waals surface area contributed by atoms with Crippen LogP contribution in [0.2, 0.25) is 0 Å². The summed E-state index contributed by atoms with van der Waals surface area (Å²) < 4.78 is 140. The van der Waals surface area contributed by atoms with Gasteiger partial charge in [-0.3, -0.25) is 0 Å². The Balaban J connectivity index is 1.26. The predicted molar refractivity (Wildman–Crippen MR) is 243 cm³/mol. The van der Waals surface area contributed by atoms with Crippen LogP contribution >= 0.6 is 0 Å². The van der Waals surface area contributed by atoms with E-state index < -0.39 is 118 Å². The molecule has 0 aromatic heterocycles. The first-order valence-electron chi connectivity index (χ1n) is 25.9. The fraction of sp³-hybridized carbons (Fsp3) is 0. The van der Waals surface area contributed by atoms with Crippen molar-refractivity contribution in [3.05, 3.63) is 236 Å². The summed E-state index contributed by atoms with van der Waals surface area (Å²) in [6, 6.07) is 33.9. The Labute approximate surface area is 355 Å². The highest BCUT2D eigenvalue weighted by Crippen LogP contribution is 2.42. The van der Waals surface area contributed by atoms with Gasteiger partial charge in [0.1, 0.15) is 0 Å². The third kappa shape index (κ3) is 6.66. The summed E-state index contributed by atoms with van der Waals surface area (Å²) in [5.74, 6) is 0. The zero-order chi connectivity index (χ0) is 51.0. The first-order chi connectivity index (χ1) is 34.5. The molecule has 1 heteroatoms. The highest BCUT2D eigenvalue weighted by molar-refractivity contribution is 6.00. The van der Waals surface area contributed by atoms with E-state index in [1.807, 2.05) is 115 Å². The molecule has 10 aromatic carbocycles. The van der Waals surface area contributed by atoms with Gasteiger partial charge in [-0.15, -0.1) is 0 Å². The normalized spacial score (nSPS) is 14.8. The van der Waals surface area contributed by atoms with Crippen molar-refractivity contribution in [3.63, 3.8) is 0 Å². The molecule has 0 N–H and O–H groups in total. The summed E-state index contributed by atoms with van der Waals surface area (Å²) >= 11 is 0. The summed E-state index contributed by atoms with van der Waals surface area (Å²) in [5.41, 5.74) is 3.14. The van der Waals surface area contributed by atoms with E-state index in [2.05, 4.69) is 0 Å². The van der Waals surface area contributed by atoms with Gasteiger partial charge in [0.05, 0.1) is 26.2 Å². The monoisotopic (exact) mass is 740 g/mol. The topological polar surface area (TPSA) is 3.24 Å². The first kappa shape index (κ1) is 21.6. The molecule has 0 bridgehead atoms. The minimum absolute atomic E-state index is 0.126. The summed E-state index contributed by atoms with van der Waals surface area (Å²) in [7, 11) is 0. The van der Waals surface area contributed by atoms with Crippen LogP contribution in [-0.4, -0.2) is 0 Å². The van der Waals surface area contributed by atoms with Crippen LogP contribution in [0.15, 0.2) is 236 Å². The van der Waals surface area contributed by atoms with Crippen LogP contribution in [-0.2, 0) is 0 Å². The molecular weight excluding hydrogens is 687 g/mol. The van der Waals surface area contributed by atoms with E-state index in [-0.39, 0.29) is 11.1 Å². The van der Waals surface area contributed by atoms with E-state index in [1.54, 1.807) is 30.3 Å². The van der Waals surface area contributed by atoms with Crippen molar-refractivity contribution in [1.29, 1.82) is 0 Å². The Morgan fingerprint density at radius 1 is 0.298 bits per heavy atom. The van der Waals surface area contributed by atoms with Crippen molar-refractivity contribution in [1.82, 2.24) is 0 Å². The van der Waals surface area contributed by atoms with Gasteiger partial charge < -0.3 is 4.90 Å².